The van der Waals surface area contributed by atoms with Gasteiger partial charge in [0.2, 0.25) is 0 Å². The van der Waals surface area contributed by atoms with E-state index in [-0.39, 0.29) is 5.91 Å². The number of hydrogen-bond donors (Lipinski definition) is 1. The second kappa shape index (κ2) is 6.34. The second-order valence-corrected chi connectivity index (χ2v) is 6.05. The van der Waals surface area contributed by atoms with Gasteiger partial charge < -0.3 is 9.84 Å². The standard InChI is InChI=1S/C17H14BrN3O2/c1-10-9-14(18)7-8-15(10)20-16(22)12-3-5-13(6-4-12)17-19-11(2)21-23-17/h3-9H,1-2H3,(H,20,22). The molecule has 0 aliphatic heterocycles. The minimum atomic E-state index is -0.163. The van der Waals surface area contributed by atoms with Crippen molar-refractivity contribution in [2.75, 3.05) is 5.32 Å². The number of hydrogen-bond acceptors (Lipinski definition) is 4. The molecule has 0 saturated carbocycles. The summed E-state index contributed by atoms with van der Waals surface area (Å²) in [5.74, 6) is 0.856. The van der Waals surface area contributed by atoms with Gasteiger partial charge in [-0.15, -0.1) is 0 Å². The van der Waals surface area contributed by atoms with Crippen LogP contribution in [0.3, 0.4) is 0 Å². The molecule has 5 nitrogen and oxygen atoms in total. The van der Waals surface area contributed by atoms with E-state index < -0.39 is 0 Å². The maximum Gasteiger partial charge on any atom is 0.257 e. The van der Waals surface area contributed by atoms with Crippen molar-refractivity contribution in [1.29, 1.82) is 0 Å². The van der Waals surface area contributed by atoms with Gasteiger partial charge in [0.1, 0.15) is 0 Å². The van der Waals surface area contributed by atoms with Gasteiger partial charge in [0, 0.05) is 21.3 Å². The Morgan fingerprint density at radius 2 is 1.87 bits per heavy atom. The fourth-order valence-electron chi connectivity index (χ4n) is 2.14. The summed E-state index contributed by atoms with van der Waals surface area (Å²) in [5, 5.41) is 6.66. The number of benzene rings is 2. The Balaban J connectivity index is 1.77. The Morgan fingerprint density at radius 3 is 2.48 bits per heavy atom. The predicted octanol–water partition coefficient (Wildman–Crippen LogP) is 4.37. The van der Waals surface area contributed by atoms with Crippen LogP contribution in [0.2, 0.25) is 0 Å². The molecular formula is C17H14BrN3O2. The summed E-state index contributed by atoms with van der Waals surface area (Å²) in [6.07, 6.45) is 0. The molecule has 0 unspecified atom stereocenters. The molecule has 0 aliphatic carbocycles. The minimum Gasteiger partial charge on any atom is -0.334 e. The number of nitrogens with zero attached hydrogens (tertiary/aromatic N) is 2. The van der Waals surface area contributed by atoms with Gasteiger partial charge >= 0.3 is 0 Å². The van der Waals surface area contributed by atoms with Crippen molar-refractivity contribution in [3.8, 4) is 11.5 Å². The van der Waals surface area contributed by atoms with E-state index in [2.05, 4.69) is 31.4 Å². The molecule has 0 atom stereocenters. The Labute approximate surface area is 141 Å². The summed E-state index contributed by atoms with van der Waals surface area (Å²) >= 11 is 3.41. The summed E-state index contributed by atoms with van der Waals surface area (Å²) in [5.41, 5.74) is 3.12. The average molecular weight is 372 g/mol. The van der Waals surface area contributed by atoms with E-state index in [1.54, 1.807) is 31.2 Å². The van der Waals surface area contributed by atoms with Crippen LogP contribution in [0.1, 0.15) is 21.7 Å². The molecule has 0 fully saturated rings. The molecule has 3 rings (SSSR count). The van der Waals surface area contributed by atoms with E-state index in [4.69, 9.17) is 4.52 Å². The fourth-order valence-corrected chi connectivity index (χ4v) is 2.62. The second-order valence-electron chi connectivity index (χ2n) is 5.14. The van der Waals surface area contributed by atoms with Crippen molar-refractivity contribution in [2.45, 2.75) is 13.8 Å². The number of aryl methyl sites for hydroxylation is 2. The largest absolute Gasteiger partial charge is 0.334 e. The predicted molar refractivity (Wildman–Crippen MR) is 91.3 cm³/mol. The number of carbonyl (C=O) groups excluding carboxylic acids is 1. The molecule has 0 bridgehead atoms. The first-order valence-electron chi connectivity index (χ1n) is 7.01. The molecule has 0 aliphatic rings. The number of halogens is 1. The molecule has 3 aromatic rings. The van der Waals surface area contributed by atoms with Crippen LogP contribution in [0.15, 0.2) is 51.5 Å². The quantitative estimate of drug-likeness (QED) is 0.742. The van der Waals surface area contributed by atoms with Gasteiger partial charge in [0.25, 0.3) is 11.8 Å². The molecule has 1 aromatic heterocycles. The van der Waals surface area contributed by atoms with Crippen molar-refractivity contribution in [3.63, 3.8) is 0 Å². The van der Waals surface area contributed by atoms with E-state index in [1.165, 1.54) is 0 Å². The van der Waals surface area contributed by atoms with Crippen LogP contribution in [0.25, 0.3) is 11.5 Å². The Kier molecular flexibility index (Phi) is 4.25. The molecule has 0 radical (unpaired) electrons. The lowest BCUT2D eigenvalue weighted by atomic mass is 10.1. The number of carbonyl (C=O) groups is 1. The average Bonchev–Trinajstić information content (AvgIpc) is 2.97. The topological polar surface area (TPSA) is 68.0 Å². The van der Waals surface area contributed by atoms with Crippen LogP contribution in [0.5, 0.6) is 0 Å². The number of nitrogens with one attached hydrogen (secondary N) is 1. The highest BCUT2D eigenvalue weighted by Crippen LogP contribution is 2.22. The van der Waals surface area contributed by atoms with Crippen LogP contribution >= 0.6 is 15.9 Å². The zero-order chi connectivity index (χ0) is 16.4. The van der Waals surface area contributed by atoms with Gasteiger partial charge in [-0.05, 0) is 61.9 Å². The first-order chi connectivity index (χ1) is 11.0. The van der Waals surface area contributed by atoms with E-state index in [0.717, 1.165) is 21.3 Å². The summed E-state index contributed by atoms with van der Waals surface area (Å²) in [7, 11) is 0. The van der Waals surface area contributed by atoms with Crippen LogP contribution < -0.4 is 5.32 Å². The zero-order valence-electron chi connectivity index (χ0n) is 12.6. The van der Waals surface area contributed by atoms with Gasteiger partial charge in [-0.3, -0.25) is 4.79 Å². The number of rotatable bonds is 3. The van der Waals surface area contributed by atoms with Crippen molar-refractivity contribution in [1.82, 2.24) is 10.1 Å². The van der Waals surface area contributed by atoms with Crippen molar-refractivity contribution in [2.24, 2.45) is 0 Å². The monoisotopic (exact) mass is 371 g/mol. The summed E-state index contributed by atoms with van der Waals surface area (Å²) in [4.78, 5) is 16.5. The van der Waals surface area contributed by atoms with Crippen molar-refractivity contribution >= 4 is 27.5 Å². The lowest BCUT2D eigenvalue weighted by molar-refractivity contribution is 0.102. The molecule has 23 heavy (non-hydrogen) atoms. The van der Waals surface area contributed by atoms with Gasteiger partial charge in [0.15, 0.2) is 5.82 Å². The van der Waals surface area contributed by atoms with Gasteiger partial charge in [0.05, 0.1) is 0 Å². The molecule has 1 amide bonds. The highest BCUT2D eigenvalue weighted by molar-refractivity contribution is 9.10. The number of aromatic nitrogens is 2. The smallest absolute Gasteiger partial charge is 0.257 e. The van der Waals surface area contributed by atoms with E-state index in [9.17, 15) is 4.79 Å². The molecule has 6 heteroatoms. The normalized spacial score (nSPS) is 10.6. The third kappa shape index (κ3) is 3.48. The van der Waals surface area contributed by atoms with Crippen molar-refractivity contribution in [3.05, 3.63) is 63.9 Å². The molecule has 1 heterocycles. The van der Waals surface area contributed by atoms with Crippen LogP contribution in [0.4, 0.5) is 5.69 Å². The highest BCUT2D eigenvalue weighted by atomic mass is 79.9. The van der Waals surface area contributed by atoms with Crippen LogP contribution in [-0.2, 0) is 0 Å². The molecular weight excluding hydrogens is 358 g/mol. The molecule has 1 N–H and O–H groups in total. The summed E-state index contributed by atoms with van der Waals surface area (Å²) < 4.78 is 6.09. The van der Waals surface area contributed by atoms with Crippen molar-refractivity contribution < 1.29 is 9.32 Å². The SMILES string of the molecule is Cc1noc(-c2ccc(C(=O)Nc3ccc(Br)cc3C)cc2)n1. The van der Waals surface area contributed by atoms with Gasteiger partial charge in [-0.1, -0.05) is 21.1 Å². The first-order valence-corrected chi connectivity index (χ1v) is 7.80. The molecule has 0 saturated heterocycles. The fraction of sp³-hybridized carbons (Fsp3) is 0.118. The highest BCUT2D eigenvalue weighted by Gasteiger charge is 2.10. The first kappa shape index (κ1) is 15.4. The maximum atomic E-state index is 12.3. The zero-order valence-corrected chi connectivity index (χ0v) is 14.2. The van der Waals surface area contributed by atoms with Gasteiger partial charge in [-0.2, -0.15) is 4.98 Å². The Bertz CT molecular complexity index is 857. The Morgan fingerprint density at radius 1 is 1.13 bits per heavy atom. The summed E-state index contributed by atoms with van der Waals surface area (Å²) in [6, 6.07) is 12.8. The van der Waals surface area contributed by atoms with Gasteiger partial charge in [-0.25, -0.2) is 0 Å². The van der Waals surface area contributed by atoms with Crippen LogP contribution in [0, 0.1) is 13.8 Å². The van der Waals surface area contributed by atoms with E-state index in [0.29, 0.717) is 17.3 Å². The maximum absolute atomic E-state index is 12.3. The molecule has 0 spiro atoms. The minimum absolute atomic E-state index is 0.163. The third-order valence-corrected chi connectivity index (χ3v) is 3.85. The molecule has 116 valence electrons. The van der Waals surface area contributed by atoms with E-state index in [1.807, 2.05) is 25.1 Å². The third-order valence-electron chi connectivity index (χ3n) is 3.36. The van der Waals surface area contributed by atoms with Crippen LogP contribution in [-0.4, -0.2) is 16.0 Å². The lowest BCUT2D eigenvalue weighted by Gasteiger charge is -2.09. The molecule has 2 aromatic carbocycles. The Hall–Kier alpha value is -2.47. The summed E-state index contributed by atoms with van der Waals surface area (Å²) in [6.45, 7) is 3.71. The number of amides is 1. The lowest BCUT2D eigenvalue weighted by Crippen LogP contribution is -2.12. The van der Waals surface area contributed by atoms with E-state index >= 15 is 0 Å². The number of anilines is 1.